The minimum atomic E-state index is -1.12. The van der Waals surface area contributed by atoms with Crippen molar-refractivity contribution in [1.29, 1.82) is 0 Å². The van der Waals surface area contributed by atoms with Crippen molar-refractivity contribution in [2.45, 2.75) is 70.0 Å². The third-order valence-electron chi connectivity index (χ3n) is 5.52. The van der Waals surface area contributed by atoms with Crippen LogP contribution in [0.3, 0.4) is 0 Å². The van der Waals surface area contributed by atoms with Gasteiger partial charge in [0.2, 0.25) is 5.91 Å². The van der Waals surface area contributed by atoms with Crippen LogP contribution in [0.1, 0.15) is 27.7 Å². The van der Waals surface area contributed by atoms with Crippen LogP contribution in [-0.2, 0) is 33.3 Å². The number of fused-ring (bicyclic) bond motifs is 3. The molecular formula is C21H28N3O10-. The number of ether oxygens (including phenoxy) is 6. The monoisotopic (exact) mass is 482 g/mol. The summed E-state index contributed by atoms with van der Waals surface area (Å²) < 4.78 is 34.4. The van der Waals surface area contributed by atoms with Crippen LogP contribution < -0.4 is 20.6 Å². The minimum Gasteiger partial charge on any atom is -0.733 e. The molecule has 1 aromatic carbocycles. The summed E-state index contributed by atoms with van der Waals surface area (Å²) in [4.78, 5) is 25.4. The van der Waals surface area contributed by atoms with Crippen LogP contribution >= 0.6 is 0 Å². The first-order valence-corrected chi connectivity index (χ1v) is 10.7. The molecule has 13 heteroatoms. The van der Waals surface area contributed by atoms with E-state index in [1.807, 2.05) is 0 Å². The smallest absolute Gasteiger partial charge is 0.252 e. The molecule has 0 bridgehead atoms. The molecule has 0 saturated carbocycles. The second-order valence-electron chi connectivity index (χ2n) is 9.01. The van der Waals surface area contributed by atoms with Crippen molar-refractivity contribution in [3.8, 4) is 5.75 Å². The Kier molecular flexibility index (Phi) is 6.46. The van der Waals surface area contributed by atoms with E-state index < -0.39 is 65.9 Å². The summed E-state index contributed by atoms with van der Waals surface area (Å²) in [6, 6.07) is 4.13. The highest BCUT2D eigenvalue weighted by atomic mass is 16.9. The van der Waals surface area contributed by atoms with Gasteiger partial charge in [-0.15, -0.1) is 0 Å². The Morgan fingerprint density at radius 1 is 1.09 bits per heavy atom. The van der Waals surface area contributed by atoms with Gasteiger partial charge in [0.05, 0.1) is 25.0 Å². The number of nitrogens with one attached hydrogen (secondary N) is 2. The van der Waals surface area contributed by atoms with E-state index in [9.17, 15) is 20.0 Å². The van der Waals surface area contributed by atoms with E-state index in [1.54, 1.807) is 27.7 Å². The van der Waals surface area contributed by atoms with Crippen molar-refractivity contribution in [2.75, 3.05) is 24.2 Å². The van der Waals surface area contributed by atoms with Crippen molar-refractivity contribution in [1.82, 2.24) is 5.32 Å². The highest BCUT2D eigenvalue weighted by Gasteiger charge is 2.62. The molecule has 34 heavy (non-hydrogen) atoms. The van der Waals surface area contributed by atoms with E-state index in [4.69, 9.17) is 28.4 Å². The lowest BCUT2D eigenvalue weighted by Crippen LogP contribution is -2.59. The topological polar surface area (TPSA) is 160 Å². The molecular weight excluding hydrogens is 454 g/mol. The number of hydrogen-bond donors (Lipinski definition) is 3. The molecule has 2 amide bonds. The highest BCUT2D eigenvalue weighted by molar-refractivity contribution is 5.97. The molecule has 3 saturated heterocycles. The second-order valence-corrected chi connectivity index (χ2v) is 9.01. The first kappa shape index (κ1) is 24.6. The molecule has 5 atom stereocenters. The molecule has 3 aliphatic heterocycles. The van der Waals surface area contributed by atoms with E-state index >= 15 is 0 Å². The predicted octanol–water partition coefficient (Wildman–Crippen LogP) is 0.840. The Bertz CT molecular complexity index is 953. The van der Waals surface area contributed by atoms with Crippen molar-refractivity contribution < 1.29 is 43.2 Å². The van der Waals surface area contributed by atoms with Gasteiger partial charge in [-0.2, -0.15) is 0 Å². The Morgan fingerprint density at radius 2 is 1.74 bits per heavy atom. The number of methoxy groups -OCH3 is 1. The number of hydrogen-bond acceptors (Lipinski definition) is 11. The molecule has 13 nitrogen and oxygen atoms in total. The summed E-state index contributed by atoms with van der Waals surface area (Å²) in [6.07, 6.45) is -3.96. The second kappa shape index (κ2) is 8.92. The predicted molar refractivity (Wildman–Crippen MR) is 115 cm³/mol. The zero-order valence-corrected chi connectivity index (χ0v) is 19.4. The largest absolute Gasteiger partial charge is 0.733 e. The molecule has 0 aromatic heterocycles. The van der Waals surface area contributed by atoms with Gasteiger partial charge in [-0.1, -0.05) is 0 Å². The minimum absolute atomic E-state index is 0.0300. The van der Waals surface area contributed by atoms with Crippen molar-refractivity contribution in [2.24, 2.45) is 0 Å². The first-order valence-electron chi connectivity index (χ1n) is 10.7. The third-order valence-corrected chi connectivity index (χ3v) is 5.52. The average molecular weight is 482 g/mol. The van der Waals surface area contributed by atoms with E-state index in [1.165, 1.54) is 25.3 Å². The fourth-order valence-electron chi connectivity index (χ4n) is 4.19. The van der Waals surface area contributed by atoms with Gasteiger partial charge in [0, 0.05) is 6.07 Å². The lowest BCUT2D eigenvalue weighted by atomic mass is 9.98. The molecule has 0 unspecified atom stereocenters. The Morgan fingerprint density at radius 3 is 2.41 bits per heavy atom. The zero-order valence-electron chi connectivity index (χ0n) is 19.4. The quantitative estimate of drug-likeness (QED) is 0.493. The number of anilines is 2. The maximum absolute atomic E-state index is 13.0. The van der Waals surface area contributed by atoms with Gasteiger partial charge in [-0.3, -0.25) is 14.8 Å². The van der Waals surface area contributed by atoms with Gasteiger partial charge in [0.15, 0.2) is 24.0 Å². The van der Waals surface area contributed by atoms with Crippen LogP contribution in [0.2, 0.25) is 0 Å². The summed E-state index contributed by atoms with van der Waals surface area (Å²) in [5, 5.41) is 25.3. The normalized spacial score (nSPS) is 30.7. The summed E-state index contributed by atoms with van der Waals surface area (Å²) in [5.74, 6) is -2.85. The van der Waals surface area contributed by atoms with Crippen LogP contribution in [0.15, 0.2) is 18.2 Å². The van der Waals surface area contributed by atoms with E-state index in [-0.39, 0.29) is 11.4 Å². The van der Waals surface area contributed by atoms with Crippen LogP contribution in [0.25, 0.3) is 0 Å². The maximum Gasteiger partial charge on any atom is 0.252 e. The SMILES string of the molecule is COc1ccc(NC(=O)CNC(=O)[C@H]2O[C@H]3OC(C)(C)O[C@@H]3[C@@H]3OC(C)(C)O[C@H]32)c(N([O-])O)c1. The van der Waals surface area contributed by atoms with Gasteiger partial charge in [0.25, 0.3) is 5.91 Å². The summed E-state index contributed by atoms with van der Waals surface area (Å²) in [6.45, 7) is 6.46. The van der Waals surface area contributed by atoms with Crippen molar-refractivity contribution in [3.05, 3.63) is 23.4 Å². The van der Waals surface area contributed by atoms with Crippen LogP contribution in [0.4, 0.5) is 11.4 Å². The Hall–Kier alpha value is -2.52. The van der Waals surface area contributed by atoms with E-state index in [2.05, 4.69) is 10.6 Å². The summed E-state index contributed by atoms with van der Waals surface area (Å²) >= 11 is 0. The standard InChI is InChI=1S/C21H28N3O10/c1-20(2)31-14-15(32-20)17-19(34-21(3,4)33-17)30-16(14)18(26)22-9-13(25)23-11-7-6-10(29-5)8-12(11)24(27)28/h6-8,14-17,19,27H,9H2,1-5H3,(H,22,26)(H,23,25)/q-1/t14-,15-,16+,17-,19+/m1/s1. The molecule has 3 fully saturated rings. The average Bonchev–Trinajstić information content (AvgIpc) is 3.25. The Labute approximate surface area is 195 Å². The molecule has 4 rings (SSSR count). The number of benzene rings is 1. The van der Waals surface area contributed by atoms with E-state index in [0.717, 1.165) is 0 Å². The van der Waals surface area contributed by atoms with Gasteiger partial charge in [-0.25, -0.2) is 0 Å². The van der Waals surface area contributed by atoms with Gasteiger partial charge < -0.3 is 49.5 Å². The molecule has 0 spiro atoms. The lowest BCUT2D eigenvalue weighted by molar-refractivity contribution is -0.231. The van der Waals surface area contributed by atoms with Crippen LogP contribution in [0.5, 0.6) is 5.75 Å². The summed E-state index contributed by atoms with van der Waals surface area (Å²) in [7, 11) is 1.39. The van der Waals surface area contributed by atoms with Crippen LogP contribution in [-0.4, -0.2) is 73.0 Å². The van der Waals surface area contributed by atoms with Crippen LogP contribution in [0, 0.1) is 5.21 Å². The van der Waals surface area contributed by atoms with Gasteiger partial charge in [0.1, 0.15) is 24.1 Å². The number of rotatable bonds is 6. The fourth-order valence-corrected chi connectivity index (χ4v) is 4.19. The molecule has 1 aromatic rings. The molecule has 0 aliphatic carbocycles. The number of carbonyl (C=O) groups is 2. The number of amides is 2. The summed E-state index contributed by atoms with van der Waals surface area (Å²) in [5.41, 5.74) is -0.203. The van der Waals surface area contributed by atoms with Gasteiger partial charge >= 0.3 is 0 Å². The Balaban J connectivity index is 1.41. The third kappa shape index (κ3) is 4.95. The van der Waals surface area contributed by atoms with Gasteiger partial charge in [-0.05, 0) is 39.8 Å². The fraction of sp³-hybridized carbons (Fsp3) is 0.619. The molecule has 3 aliphatic rings. The number of carbonyl (C=O) groups excluding carboxylic acids is 2. The first-order chi connectivity index (χ1) is 15.9. The van der Waals surface area contributed by atoms with Crippen molar-refractivity contribution in [3.63, 3.8) is 0 Å². The lowest BCUT2D eigenvalue weighted by Gasteiger charge is -2.36. The molecule has 3 N–H and O–H groups in total. The zero-order chi connectivity index (χ0) is 24.8. The van der Waals surface area contributed by atoms with E-state index in [0.29, 0.717) is 5.75 Å². The molecule has 188 valence electrons. The number of nitrogens with zero attached hydrogens (tertiary/aromatic N) is 1. The highest BCUT2D eigenvalue weighted by Crippen LogP contribution is 2.44. The maximum atomic E-state index is 13.0. The molecule has 3 heterocycles. The van der Waals surface area contributed by atoms with Crippen molar-refractivity contribution >= 4 is 23.2 Å². The molecule has 0 radical (unpaired) electrons.